The molecular weight excluding hydrogens is 530 g/mol. The molecule has 0 aliphatic heterocycles. The maximum absolute atomic E-state index is 12.6. The maximum atomic E-state index is 12.6. The summed E-state index contributed by atoms with van der Waals surface area (Å²) in [5.74, 6) is 0.488. The van der Waals surface area contributed by atoms with Gasteiger partial charge in [0.15, 0.2) is 18.1 Å². The molecule has 6 aromatic rings. The summed E-state index contributed by atoms with van der Waals surface area (Å²) >= 11 is 0. The van der Waals surface area contributed by atoms with E-state index in [0.717, 1.165) is 16.7 Å². The number of nitrogens with zero attached hydrogens (tertiary/aromatic N) is 2. The molecule has 0 atom stereocenters. The molecule has 0 radical (unpaired) electrons. The fourth-order valence-corrected chi connectivity index (χ4v) is 4.32. The highest BCUT2D eigenvalue weighted by molar-refractivity contribution is 5.96. The van der Waals surface area contributed by atoms with E-state index >= 15 is 0 Å². The number of amides is 1. The standard InChI is InChI=1S/C34H25N3O5/c38-32(35-28-16-8-10-18-30(28)41-27-14-5-2-6-15-27)23-40-33(39)20-19-25-22-37(26-12-3-1-4-13-26)36-34(25)31-21-24-11-7-9-17-29(24)42-31/h1-22H,23H2,(H,35,38). The van der Waals surface area contributed by atoms with Crippen LogP contribution in [0.25, 0.3) is 34.2 Å². The highest BCUT2D eigenvalue weighted by Crippen LogP contribution is 2.31. The van der Waals surface area contributed by atoms with Gasteiger partial charge in [-0.2, -0.15) is 5.10 Å². The molecule has 1 amide bonds. The molecule has 4 aromatic carbocycles. The van der Waals surface area contributed by atoms with E-state index in [1.165, 1.54) is 6.08 Å². The van der Waals surface area contributed by atoms with Gasteiger partial charge in [0.1, 0.15) is 17.0 Å². The Balaban J connectivity index is 1.15. The number of carbonyl (C=O) groups is 2. The van der Waals surface area contributed by atoms with E-state index in [4.69, 9.17) is 19.0 Å². The summed E-state index contributed by atoms with van der Waals surface area (Å²) in [5, 5.41) is 8.40. The Morgan fingerprint density at radius 3 is 2.38 bits per heavy atom. The van der Waals surface area contributed by atoms with Crippen molar-refractivity contribution in [2.45, 2.75) is 0 Å². The smallest absolute Gasteiger partial charge is 0.331 e. The minimum Gasteiger partial charge on any atom is -0.455 e. The predicted octanol–water partition coefficient (Wildman–Crippen LogP) is 7.27. The number of anilines is 1. The predicted molar refractivity (Wildman–Crippen MR) is 160 cm³/mol. The molecule has 2 heterocycles. The van der Waals surface area contributed by atoms with Gasteiger partial charge in [-0.3, -0.25) is 4.79 Å². The molecule has 0 unspecified atom stereocenters. The van der Waals surface area contributed by atoms with Crippen molar-refractivity contribution in [3.05, 3.63) is 133 Å². The lowest BCUT2D eigenvalue weighted by Crippen LogP contribution is -2.20. The quantitative estimate of drug-likeness (QED) is 0.149. The molecular formula is C34H25N3O5. The number of furan rings is 1. The van der Waals surface area contributed by atoms with Gasteiger partial charge in [-0.1, -0.05) is 66.7 Å². The lowest BCUT2D eigenvalue weighted by Gasteiger charge is -2.12. The minimum atomic E-state index is -0.679. The number of hydrogen-bond acceptors (Lipinski definition) is 6. The van der Waals surface area contributed by atoms with Gasteiger partial charge in [0.25, 0.3) is 5.91 Å². The number of benzene rings is 4. The lowest BCUT2D eigenvalue weighted by atomic mass is 10.2. The molecule has 0 saturated carbocycles. The van der Waals surface area contributed by atoms with Gasteiger partial charge in [0.05, 0.1) is 11.4 Å². The number of rotatable bonds is 9. The van der Waals surface area contributed by atoms with E-state index in [1.54, 1.807) is 41.2 Å². The van der Waals surface area contributed by atoms with Gasteiger partial charge in [-0.15, -0.1) is 0 Å². The fourth-order valence-electron chi connectivity index (χ4n) is 4.32. The number of aromatic nitrogens is 2. The zero-order valence-corrected chi connectivity index (χ0v) is 22.3. The monoisotopic (exact) mass is 555 g/mol. The molecule has 0 spiro atoms. The lowest BCUT2D eigenvalue weighted by molar-refractivity contribution is -0.142. The van der Waals surface area contributed by atoms with Gasteiger partial charge in [0.2, 0.25) is 0 Å². The van der Waals surface area contributed by atoms with Crippen molar-refractivity contribution in [3.63, 3.8) is 0 Å². The average molecular weight is 556 g/mol. The van der Waals surface area contributed by atoms with Crippen LogP contribution in [0, 0.1) is 0 Å². The van der Waals surface area contributed by atoms with Gasteiger partial charge >= 0.3 is 5.97 Å². The van der Waals surface area contributed by atoms with Crippen LogP contribution in [0.1, 0.15) is 5.56 Å². The third-order valence-corrected chi connectivity index (χ3v) is 6.30. The van der Waals surface area contributed by atoms with Gasteiger partial charge in [0, 0.05) is 23.2 Å². The van der Waals surface area contributed by atoms with Crippen LogP contribution >= 0.6 is 0 Å². The van der Waals surface area contributed by atoms with Crippen molar-refractivity contribution in [2.75, 3.05) is 11.9 Å². The second kappa shape index (κ2) is 12.1. The Morgan fingerprint density at radius 2 is 1.57 bits per heavy atom. The molecule has 0 saturated heterocycles. The SMILES string of the molecule is O=C(COC(=O)C=Cc1cn(-c2ccccc2)nc1-c1cc2ccccc2o1)Nc1ccccc1Oc1ccccc1. The largest absolute Gasteiger partial charge is 0.455 e. The van der Waals surface area contributed by atoms with Crippen LogP contribution in [-0.2, 0) is 14.3 Å². The Hall–Kier alpha value is -5.89. The second-order valence-electron chi connectivity index (χ2n) is 9.26. The van der Waals surface area contributed by atoms with Gasteiger partial charge in [-0.25, -0.2) is 9.48 Å². The second-order valence-corrected chi connectivity index (χ2v) is 9.26. The molecule has 0 aliphatic carbocycles. The Bertz CT molecular complexity index is 1840. The number of hydrogen-bond donors (Lipinski definition) is 1. The Labute approximate surface area is 241 Å². The van der Waals surface area contributed by atoms with Crippen molar-refractivity contribution in [1.29, 1.82) is 0 Å². The third kappa shape index (κ3) is 6.13. The fraction of sp³-hybridized carbons (Fsp3) is 0.0294. The van der Waals surface area contributed by atoms with Crippen molar-refractivity contribution < 1.29 is 23.5 Å². The topological polar surface area (TPSA) is 95.6 Å². The number of nitrogens with one attached hydrogen (secondary N) is 1. The number of fused-ring (bicyclic) bond motifs is 1. The van der Waals surface area contributed by atoms with Crippen LogP contribution in [0.2, 0.25) is 0 Å². The van der Waals surface area contributed by atoms with Crippen LogP contribution in [0.5, 0.6) is 11.5 Å². The van der Waals surface area contributed by atoms with Crippen LogP contribution < -0.4 is 10.1 Å². The number of carbonyl (C=O) groups excluding carboxylic acids is 2. The molecule has 8 nitrogen and oxygen atoms in total. The summed E-state index contributed by atoms with van der Waals surface area (Å²) in [6, 6.07) is 35.5. The van der Waals surface area contributed by atoms with Crippen molar-refractivity contribution in [3.8, 4) is 28.6 Å². The maximum Gasteiger partial charge on any atom is 0.331 e. The Morgan fingerprint density at radius 1 is 0.857 bits per heavy atom. The van der Waals surface area contributed by atoms with Crippen LogP contribution in [0.4, 0.5) is 5.69 Å². The molecule has 0 fully saturated rings. The molecule has 6 rings (SSSR count). The van der Waals surface area contributed by atoms with E-state index in [9.17, 15) is 9.59 Å². The molecule has 1 N–H and O–H groups in total. The molecule has 2 aromatic heterocycles. The summed E-state index contributed by atoms with van der Waals surface area (Å²) in [6.07, 6.45) is 4.66. The molecule has 0 aliphatic rings. The van der Waals surface area contributed by atoms with Crippen LogP contribution in [0.3, 0.4) is 0 Å². The van der Waals surface area contributed by atoms with E-state index in [2.05, 4.69) is 5.32 Å². The molecule has 8 heteroatoms. The minimum absolute atomic E-state index is 0.460. The zero-order valence-electron chi connectivity index (χ0n) is 22.3. The Kier molecular flexibility index (Phi) is 7.59. The van der Waals surface area contributed by atoms with E-state index in [1.807, 2.05) is 91.0 Å². The van der Waals surface area contributed by atoms with Crippen molar-refractivity contribution in [2.24, 2.45) is 0 Å². The van der Waals surface area contributed by atoms with Gasteiger partial charge < -0.3 is 19.2 Å². The van der Waals surface area contributed by atoms with E-state index in [0.29, 0.717) is 34.2 Å². The number of esters is 1. The molecule has 206 valence electrons. The van der Waals surface area contributed by atoms with Crippen molar-refractivity contribution in [1.82, 2.24) is 9.78 Å². The number of ether oxygens (including phenoxy) is 2. The average Bonchev–Trinajstić information content (AvgIpc) is 3.65. The summed E-state index contributed by atoms with van der Waals surface area (Å²) < 4.78 is 18.8. The first kappa shape index (κ1) is 26.3. The summed E-state index contributed by atoms with van der Waals surface area (Å²) in [4.78, 5) is 25.2. The summed E-state index contributed by atoms with van der Waals surface area (Å²) in [6.45, 7) is -0.470. The third-order valence-electron chi connectivity index (χ3n) is 6.30. The first-order valence-electron chi connectivity index (χ1n) is 13.2. The highest BCUT2D eigenvalue weighted by Gasteiger charge is 2.16. The van der Waals surface area contributed by atoms with Crippen molar-refractivity contribution >= 4 is 34.6 Å². The highest BCUT2D eigenvalue weighted by atomic mass is 16.5. The van der Waals surface area contributed by atoms with E-state index in [-0.39, 0.29) is 0 Å². The van der Waals surface area contributed by atoms with E-state index < -0.39 is 18.5 Å². The molecule has 0 bridgehead atoms. The first-order chi connectivity index (χ1) is 20.6. The van der Waals surface area contributed by atoms with Gasteiger partial charge in [-0.05, 0) is 54.6 Å². The zero-order chi connectivity index (χ0) is 28.7. The summed E-state index contributed by atoms with van der Waals surface area (Å²) in [5.41, 5.74) is 3.25. The number of para-hydroxylation sites is 5. The first-order valence-corrected chi connectivity index (χ1v) is 13.2. The van der Waals surface area contributed by atoms with Crippen LogP contribution in [-0.4, -0.2) is 28.3 Å². The summed E-state index contributed by atoms with van der Waals surface area (Å²) in [7, 11) is 0. The normalized spacial score (nSPS) is 11.0. The molecule has 42 heavy (non-hydrogen) atoms. The van der Waals surface area contributed by atoms with Crippen LogP contribution in [0.15, 0.2) is 132 Å².